The normalized spacial score (nSPS) is 17.4. The monoisotopic (exact) mass is 351 g/mol. The Morgan fingerprint density at radius 3 is 2.68 bits per heavy atom. The number of hydrogen-bond donors (Lipinski definition) is 0. The maximum atomic E-state index is 14.0. The molecule has 1 aromatic heterocycles. The molecule has 1 saturated heterocycles. The first kappa shape index (κ1) is 17.0. The highest BCUT2D eigenvalue weighted by Gasteiger charge is 2.31. The Labute approximate surface area is 141 Å². The second-order valence-electron chi connectivity index (χ2n) is 5.61. The number of nitrogens with zero attached hydrogens (tertiary/aromatic N) is 3. The lowest BCUT2D eigenvalue weighted by molar-refractivity contribution is -0.137. The topological polar surface area (TPSA) is 49.2 Å². The lowest BCUT2D eigenvalue weighted by atomic mass is 10.1. The van der Waals surface area contributed by atoms with Crippen molar-refractivity contribution in [3.63, 3.8) is 0 Å². The molecule has 130 valence electrons. The summed E-state index contributed by atoms with van der Waals surface area (Å²) in [6, 6.07) is 8.30. The minimum Gasteiger partial charge on any atom is -0.472 e. The van der Waals surface area contributed by atoms with Gasteiger partial charge in [0.1, 0.15) is 18.0 Å². The third kappa shape index (κ3) is 3.65. The van der Waals surface area contributed by atoms with Crippen LogP contribution in [0.5, 0.6) is 5.88 Å². The second-order valence-corrected chi connectivity index (χ2v) is 5.61. The average Bonchev–Trinajstić information content (AvgIpc) is 3.02. The van der Waals surface area contributed by atoms with E-state index < -0.39 is 17.6 Å². The molecule has 0 amide bonds. The number of benzene rings is 1. The third-order valence-electron chi connectivity index (χ3n) is 3.92. The molecule has 1 aliphatic heterocycles. The summed E-state index contributed by atoms with van der Waals surface area (Å²) in [5.74, 6) is -0.416. The van der Waals surface area contributed by atoms with Crippen molar-refractivity contribution in [3.05, 3.63) is 53.5 Å². The van der Waals surface area contributed by atoms with Crippen LogP contribution in [0.2, 0.25) is 0 Å². The maximum absolute atomic E-state index is 14.0. The van der Waals surface area contributed by atoms with Crippen molar-refractivity contribution >= 4 is 5.69 Å². The van der Waals surface area contributed by atoms with Crippen molar-refractivity contribution in [2.75, 3.05) is 18.0 Å². The van der Waals surface area contributed by atoms with Crippen LogP contribution in [0.1, 0.15) is 17.5 Å². The van der Waals surface area contributed by atoms with E-state index in [-0.39, 0.29) is 23.2 Å². The van der Waals surface area contributed by atoms with Crippen LogP contribution in [0.3, 0.4) is 0 Å². The zero-order valence-electron chi connectivity index (χ0n) is 12.9. The third-order valence-corrected chi connectivity index (χ3v) is 3.92. The number of alkyl halides is 3. The first-order chi connectivity index (χ1) is 11.9. The van der Waals surface area contributed by atoms with Crippen LogP contribution in [-0.2, 0) is 6.18 Å². The summed E-state index contributed by atoms with van der Waals surface area (Å²) in [5, 5.41) is 9.12. The van der Waals surface area contributed by atoms with Crippen molar-refractivity contribution in [3.8, 4) is 11.9 Å². The van der Waals surface area contributed by atoms with Crippen molar-refractivity contribution in [1.82, 2.24) is 4.98 Å². The van der Waals surface area contributed by atoms with E-state index in [0.717, 1.165) is 12.1 Å². The number of hydrogen-bond acceptors (Lipinski definition) is 4. The number of pyridine rings is 1. The van der Waals surface area contributed by atoms with Crippen molar-refractivity contribution in [2.24, 2.45) is 0 Å². The van der Waals surface area contributed by atoms with Gasteiger partial charge in [0.15, 0.2) is 0 Å². The number of halogens is 4. The number of ether oxygens (including phenoxy) is 1. The predicted octanol–water partition coefficient (Wildman–Crippen LogP) is 3.77. The van der Waals surface area contributed by atoms with Crippen molar-refractivity contribution in [1.29, 1.82) is 5.26 Å². The highest BCUT2D eigenvalue weighted by molar-refractivity contribution is 5.60. The van der Waals surface area contributed by atoms with Gasteiger partial charge in [-0.05, 0) is 18.2 Å². The van der Waals surface area contributed by atoms with Gasteiger partial charge in [-0.25, -0.2) is 9.37 Å². The fourth-order valence-corrected chi connectivity index (χ4v) is 2.74. The number of aromatic nitrogens is 1. The standard InChI is InChI=1S/C17H13F4N3O/c18-14-3-1-2-11(8-22)16(14)24-7-6-13(10-24)25-15-5-4-12(9-23-15)17(19,20)21/h1-5,9,13H,6-7,10H2/t13-/m0/s1. The van der Waals surface area contributed by atoms with E-state index in [4.69, 9.17) is 10.00 Å². The molecule has 0 unspecified atom stereocenters. The van der Waals surface area contributed by atoms with Crippen LogP contribution >= 0.6 is 0 Å². The van der Waals surface area contributed by atoms with E-state index in [1.165, 1.54) is 18.2 Å². The van der Waals surface area contributed by atoms with E-state index in [1.54, 1.807) is 4.90 Å². The Bertz CT molecular complexity index is 799. The molecule has 0 aliphatic carbocycles. The lowest BCUT2D eigenvalue weighted by Crippen LogP contribution is -2.26. The Balaban J connectivity index is 1.69. The van der Waals surface area contributed by atoms with E-state index in [9.17, 15) is 17.6 Å². The van der Waals surface area contributed by atoms with E-state index in [0.29, 0.717) is 25.7 Å². The number of anilines is 1. The summed E-state index contributed by atoms with van der Waals surface area (Å²) in [5.41, 5.74) is -0.400. The van der Waals surface area contributed by atoms with Gasteiger partial charge in [0, 0.05) is 25.2 Å². The van der Waals surface area contributed by atoms with Crippen molar-refractivity contribution in [2.45, 2.75) is 18.7 Å². The summed E-state index contributed by atoms with van der Waals surface area (Å²) in [4.78, 5) is 5.37. The predicted molar refractivity (Wildman–Crippen MR) is 81.6 cm³/mol. The number of rotatable bonds is 3. The summed E-state index contributed by atoms with van der Waals surface area (Å²) in [7, 11) is 0. The highest BCUT2D eigenvalue weighted by atomic mass is 19.4. The summed E-state index contributed by atoms with van der Waals surface area (Å²) < 4.78 is 57.2. The van der Waals surface area contributed by atoms with E-state index >= 15 is 0 Å². The van der Waals surface area contributed by atoms with Crippen LogP contribution < -0.4 is 9.64 Å². The molecule has 2 aromatic rings. The quantitative estimate of drug-likeness (QED) is 0.790. The molecule has 1 aromatic carbocycles. The highest BCUT2D eigenvalue weighted by Crippen LogP contribution is 2.31. The molecule has 25 heavy (non-hydrogen) atoms. The Morgan fingerprint density at radius 2 is 2.04 bits per heavy atom. The van der Waals surface area contributed by atoms with Gasteiger partial charge >= 0.3 is 6.18 Å². The minimum atomic E-state index is -4.45. The SMILES string of the molecule is N#Cc1cccc(F)c1N1CC[C@H](Oc2ccc(C(F)(F)F)cn2)C1. The Kier molecular flexibility index (Phi) is 4.49. The first-order valence-electron chi connectivity index (χ1n) is 7.52. The van der Waals surface area contributed by atoms with Crippen LogP contribution in [0.4, 0.5) is 23.2 Å². The van der Waals surface area contributed by atoms with Gasteiger partial charge in [0.25, 0.3) is 0 Å². The molecular formula is C17H13F4N3O. The molecule has 3 rings (SSSR count). The van der Waals surface area contributed by atoms with Gasteiger partial charge in [0.2, 0.25) is 5.88 Å². The summed E-state index contributed by atoms with van der Waals surface area (Å²) >= 11 is 0. The maximum Gasteiger partial charge on any atom is 0.417 e. The smallest absolute Gasteiger partial charge is 0.417 e. The van der Waals surface area contributed by atoms with Crippen LogP contribution in [0, 0.1) is 17.1 Å². The summed E-state index contributed by atoms with van der Waals surface area (Å²) in [6.45, 7) is 0.791. The Morgan fingerprint density at radius 1 is 1.24 bits per heavy atom. The molecule has 8 heteroatoms. The van der Waals surface area contributed by atoms with Gasteiger partial charge in [-0.15, -0.1) is 0 Å². The zero-order valence-corrected chi connectivity index (χ0v) is 12.9. The molecule has 1 aliphatic rings. The molecule has 1 atom stereocenters. The molecule has 1 fully saturated rings. The van der Waals surface area contributed by atoms with Gasteiger partial charge < -0.3 is 9.64 Å². The molecule has 0 spiro atoms. The van der Waals surface area contributed by atoms with Crippen molar-refractivity contribution < 1.29 is 22.3 Å². The molecule has 0 bridgehead atoms. The largest absolute Gasteiger partial charge is 0.472 e. The summed E-state index contributed by atoms with van der Waals surface area (Å²) in [6.07, 6.45) is -3.54. The fraction of sp³-hybridized carbons (Fsp3) is 0.294. The first-order valence-corrected chi connectivity index (χ1v) is 7.52. The molecule has 0 N–H and O–H groups in total. The van der Waals surface area contributed by atoms with Crippen LogP contribution in [0.25, 0.3) is 0 Å². The van der Waals surface area contributed by atoms with Gasteiger partial charge in [-0.2, -0.15) is 18.4 Å². The van der Waals surface area contributed by atoms with Gasteiger partial charge in [0.05, 0.1) is 23.4 Å². The molecule has 4 nitrogen and oxygen atoms in total. The van der Waals surface area contributed by atoms with E-state index in [2.05, 4.69) is 4.98 Å². The van der Waals surface area contributed by atoms with Gasteiger partial charge in [-0.1, -0.05) is 6.07 Å². The number of para-hydroxylation sites is 1. The van der Waals surface area contributed by atoms with E-state index in [1.807, 2.05) is 6.07 Å². The number of nitriles is 1. The van der Waals surface area contributed by atoms with Crippen LogP contribution in [0.15, 0.2) is 36.5 Å². The lowest BCUT2D eigenvalue weighted by Gasteiger charge is -2.20. The Hall–Kier alpha value is -2.82. The zero-order chi connectivity index (χ0) is 18.0. The second kappa shape index (κ2) is 6.59. The van der Waals surface area contributed by atoms with Gasteiger partial charge in [-0.3, -0.25) is 0 Å². The average molecular weight is 351 g/mol. The molecule has 0 radical (unpaired) electrons. The molecule has 0 saturated carbocycles. The molecular weight excluding hydrogens is 338 g/mol. The molecule has 2 heterocycles. The fourth-order valence-electron chi connectivity index (χ4n) is 2.74. The van der Waals surface area contributed by atoms with Crippen LogP contribution in [-0.4, -0.2) is 24.2 Å². The minimum absolute atomic E-state index is 0.0777.